The van der Waals surface area contributed by atoms with E-state index in [-0.39, 0.29) is 29.4 Å². The summed E-state index contributed by atoms with van der Waals surface area (Å²) in [5.41, 5.74) is 3.96. The molecule has 9 heteroatoms. The highest BCUT2D eigenvalue weighted by Gasteiger charge is 2.49. The number of rotatable bonds is 10. The van der Waals surface area contributed by atoms with Crippen molar-refractivity contribution < 1.29 is 39.1 Å². The molecule has 5 rings (SSSR count). The van der Waals surface area contributed by atoms with Gasteiger partial charge in [-0.25, -0.2) is 4.79 Å². The largest absolute Gasteiger partial charge is 0.497 e. The molecule has 2 aromatic carbocycles. The van der Waals surface area contributed by atoms with Crippen molar-refractivity contribution in [1.29, 1.82) is 0 Å². The molecule has 0 saturated heterocycles. The molecule has 1 aliphatic heterocycles. The summed E-state index contributed by atoms with van der Waals surface area (Å²) in [5, 5.41) is 30.3. The number of ether oxygens (including phenoxy) is 1. The number of Topliss-reactive ketones (excluding diaryl/α,β-unsaturated/α-hetero) is 1. The van der Waals surface area contributed by atoms with Crippen LogP contribution in [-0.4, -0.2) is 61.8 Å². The SMILES string of the molecule is COc1ccc(C2C(=O)C(=CC3=[N+](CCCCCC(=O)On4c(O)ccc4O)c4ccccc4C3(C)C)C2O)cc1. The van der Waals surface area contributed by atoms with Crippen LogP contribution in [0.15, 0.2) is 72.3 Å². The molecule has 3 aromatic rings. The van der Waals surface area contributed by atoms with Crippen LogP contribution in [0.2, 0.25) is 0 Å². The highest BCUT2D eigenvalue weighted by molar-refractivity contribution is 6.15. The monoisotopic (exact) mass is 559 g/mol. The molecule has 3 N–H and O–H groups in total. The second kappa shape index (κ2) is 11.2. The van der Waals surface area contributed by atoms with Crippen molar-refractivity contribution in [3.05, 3.63) is 83.4 Å². The number of hydrogen-bond acceptors (Lipinski definition) is 7. The average Bonchev–Trinajstić information content (AvgIpc) is 3.39. The lowest BCUT2D eigenvalue weighted by molar-refractivity contribution is -0.438. The van der Waals surface area contributed by atoms with Crippen LogP contribution in [0.3, 0.4) is 0 Å². The van der Waals surface area contributed by atoms with Gasteiger partial charge in [0, 0.05) is 48.3 Å². The van der Waals surface area contributed by atoms with Crippen molar-refractivity contribution in [3.8, 4) is 17.5 Å². The highest BCUT2D eigenvalue weighted by Crippen LogP contribution is 2.43. The Morgan fingerprint density at radius 1 is 1.00 bits per heavy atom. The third-order valence-electron chi connectivity index (χ3n) is 8.02. The predicted octanol–water partition coefficient (Wildman–Crippen LogP) is 4.15. The van der Waals surface area contributed by atoms with E-state index in [0.29, 0.717) is 29.0 Å². The predicted molar refractivity (Wildman–Crippen MR) is 152 cm³/mol. The summed E-state index contributed by atoms with van der Waals surface area (Å²) in [6.45, 7) is 4.91. The van der Waals surface area contributed by atoms with Gasteiger partial charge in [0.15, 0.2) is 11.5 Å². The number of unbranched alkanes of at least 4 members (excludes halogenated alkanes) is 2. The first-order valence-electron chi connectivity index (χ1n) is 13.8. The topological polar surface area (TPSA) is 121 Å². The zero-order valence-electron chi connectivity index (χ0n) is 23.4. The van der Waals surface area contributed by atoms with Crippen molar-refractivity contribution in [2.75, 3.05) is 13.7 Å². The molecule has 2 unspecified atom stereocenters. The van der Waals surface area contributed by atoms with E-state index >= 15 is 0 Å². The van der Waals surface area contributed by atoms with Gasteiger partial charge >= 0.3 is 5.97 Å². The molecule has 0 spiro atoms. The van der Waals surface area contributed by atoms with Crippen molar-refractivity contribution in [2.24, 2.45) is 0 Å². The lowest BCUT2D eigenvalue weighted by Gasteiger charge is -2.34. The Hall–Kier alpha value is -4.37. The van der Waals surface area contributed by atoms with E-state index < -0.39 is 18.0 Å². The van der Waals surface area contributed by atoms with Crippen LogP contribution in [0.1, 0.15) is 56.6 Å². The maximum atomic E-state index is 13.3. The van der Waals surface area contributed by atoms with Gasteiger partial charge in [0.25, 0.3) is 0 Å². The van der Waals surface area contributed by atoms with Gasteiger partial charge in [-0.2, -0.15) is 4.58 Å². The molecule has 1 aliphatic carbocycles. The number of aliphatic hydroxyl groups excluding tert-OH is 1. The molecular formula is C32H35N2O7+. The summed E-state index contributed by atoms with van der Waals surface area (Å²) in [4.78, 5) is 30.4. The molecule has 41 heavy (non-hydrogen) atoms. The summed E-state index contributed by atoms with van der Waals surface area (Å²) in [5.74, 6) is -1.25. The van der Waals surface area contributed by atoms with E-state index in [4.69, 9.17) is 9.57 Å². The number of ketones is 1. The molecule has 2 heterocycles. The number of hydrogen-bond donors (Lipinski definition) is 3. The van der Waals surface area contributed by atoms with Crippen LogP contribution in [0.25, 0.3) is 0 Å². The summed E-state index contributed by atoms with van der Waals surface area (Å²) in [6, 6.07) is 17.8. The number of aromatic hydroxyl groups is 2. The number of allylic oxidation sites excluding steroid dienone is 1. The number of carbonyl (C=O) groups excluding carboxylic acids is 2. The Bertz CT molecular complexity index is 1510. The van der Waals surface area contributed by atoms with E-state index in [2.05, 4.69) is 30.6 Å². The quantitative estimate of drug-likeness (QED) is 0.194. The Kier molecular flexibility index (Phi) is 7.73. The van der Waals surface area contributed by atoms with E-state index in [1.54, 1.807) is 19.2 Å². The van der Waals surface area contributed by atoms with Gasteiger partial charge in [-0.15, -0.1) is 4.73 Å². The number of benzene rings is 2. The number of methoxy groups -OCH3 is 1. The first-order chi connectivity index (χ1) is 19.6. The molecule has 214 valence electrons. The average molecular weight is 560 g/mol. The minimum Gasteiger partial charge on any atom is -0.497 e. The van der Waals surface area contributed by atoms with Crippen LogP contribution in [-0.2, 0) is 15.0 Å². The molecule has 1 aromatic heterocycles. The summed E-state index contributed by atoms with van der Waals surface area (Å²) in [6.07, 6.45) is 3.18. The summed E-state index contributed by atoms with van der Waals surface area (Å²) >= 11 is 0. The van der Waals surface area contributed by atoms with E-state index in [1.165, 1.54) is 12.1 Å². The molecule has 0 radical (unpaired) electrons. The van der Waals surface area contributed by atoms with Gasteiger partial charge < -0.3 is 24.9 Å². The van der Waals surface area contributed by atoms with Gasteiger partial charge in [0.05, 0.1) is 24.5 Å². The molecule has 2 atom stereocenters. The second-order valence-electron chi connectivity index (χ2n) is 11.0. The fraction of sp³-hybridized carbons (Fsp3) is 0.344. The number of nitrogens with zero attached hydrogens (tertiary/aromatic N) is 2. The number of fused-ring (bicyclic) bond motifs is 1. The van der Waals surface area contributed by atoms with Crippen molar-refractivity contribution >= 4 is 23.2 Å². The molecule has 9 nitrogen and oxygen atoms in total. The number of para-hydroxylation sites is 1. The Morgan fingerprint density at radius 3 is 2.34 bits per heavy atom. The minimum absolute atomic E-state index is 0.0832. The third-order valence-corrected chi connectivity index (χ3v) is 8.02. The van der Waals surface area contributed by atoms with Gasteiger partial charge in [-0.05, 0) is 44.4 Å². The molecule has 0 bridgehead atoms. The molecule has 1 fully saturated rings. The van der Waals surface area contributed by atoms with Crippen LogP contribution in [0.4, 0.5) is 5.69 Å². The molecule has 1 saturated carbocycles. The second-order valence-corrected chi connectivity index (χ2v) is 11.0. The van der Waals surface area contributed by atoms with Crippen molar-refractivity contribution in [2.45, 2.75) is 57.0 Å². The number of carbonyl (C=O) groups is 2. The summed E-state index contributed by atoms with van der Waals surface area (Å²) < 4.78 is 8.10. The lowest BCUT2D eigenvalue weighted by Crippen LogP contribution is -2.44. The van der Waals surface area contributed by atoms with Gasteiger partial charge in [0.1, 0.15) is 12.3 Å². The molecule has 0 amide bonds. The third kappa shape index (κ3) is 5.25. The molecular weight excluding hydrogens is 524 g/mol. The van der Waals surface area contributed by atoms with Gasteiger partial charge in [0.2, 0.25) is 17.4 Å². The smallest absolute Gasteiger partial charge is 0.333 e. The Labute approximate surface area is 238 Å². The highest BCUT2D eigenvalue weighted by atomic mass is 16.7. The Morgan fingerprint density at radius 2 is 1.68 bits per heavy atom. The van der Waals surface area contributed by atoms with E-state index in [0.717, 1.165) is 35.4 Å². The number of aliphatic hydroxyl groups is 1. The fourth-order valence-electron chi connectivity index (χ4n) is 5.70. The van der Waals surface area contributed by atoms with E-state index in [9.17, 15) is 24.9 Å². The standard InChI is InChI=1S/C32H34N2O7/c1-32(2)23-9-6-7-10-24(23)33(18-8-4-5-11-28(37)41-34-26(35)16-17-27(34)36)25(32)19-22-30(38)29(31(22)39)20-12-14-21(40-3)15-13-20/h6-7,9-10,12-17,19,29-30,38-39H,4-5,8,11,18H2,1-3H3/p+1. The van der Waals surface area contributed by atoms with E-state index in [1.807, 2.05) is 30.3 Å². The van der Waals surface area contributed by atoms with Crippen molar-refractivity contribution in [3.63, 3.8) is 0 Å². The first kappa shape index (κ1) is 28.2. The van der Waals surface area contributed by atoms with Crippen LogP contribution >= 0.6 is 0 Å². The normalized spacial score (nSPS) is 20.2. The maximum absolute atomic E-state index is 13.3. The lowest BCUT2D eigenvalue weighted by atomic mass is 9.70. The van der Waals surface area contributed by atoms with Crippen molar-refractivity contribution in [1.82, 2.24) is 4.73 Å². The van der Waals surface area contributed by atoms with Gasteiger partial charge in [-0.1, -0.05) is 30.3 Å². The maximum Gasteiger partial charge on any atom is 0.333 e. The number of aromatic nitrogens is 1. The molecule has 2 aliphatic rings. The van der Waals surface area contributed by atoms with Crippen LogP contribution in [0.5, 0.6) is 17.5 Å². The Balaban J connectivity index is 1.29. The van der Waals surface area contributed by atoms with Gasteiger partial charge in [-0.3, -0.25) is 4.79 Å². The minimum atomic E-state index is -0.894. The zero-order chi connectivity index (χ0) is 29.3. The summed E-state index contributed by atoms with van der Waals surface area (Å²) in [7, 11) is 1.58. The first-order valence-corrected chi connectivity index (χ1v) is 13.8. The fourth-order valence-corrected chi connectivity index (χ4v) is 5.70. The van der Waals surface area contributed by atoms with Crippen LogP contribution < -0.4 is 9.57 Å². The zero-order valence-corrected chi connectivity index (χ0v) is 23.4. The van der Waals surface area contributed by atoms with Crippen LogP contribution in [0, 0.1) is 0 Å².